The Kier molecular flexibility index (Phi) is 5.03. The average molecular weight is 290 g/mol. The minimum Gasteiger partial charge on any atom is -0.450 e. The van der Waals surface area contributed by atoms with Crippen molar-refractivity contribution in [3.63, 3.8) is 0 Å². The van der Waals surface area contributed by atoms with Crippen molar-refractivity contribution < 1.29 is 13.9 Å². The number of aromatic nitrogens is 2. The number of rotatable bonds is 5. The van der Waals surface area contributed by atoms with E-state index in [4.69, 9.17) is 4.74 Å². The van der Waals surface area contributed by atoms with Crippen LogP contribution >= 0.6 is 0 Å². The molecule has 0 bridgehead atoms. The van der Waals surface area contributed by atoms with Gasteiger partial charge in [0, 0.05) is 6.54 Å². The van der Waals surface area contributed by atoms with Gasteiger partial charge in [-0.2, -0.15) is 0 Å². The zero-order valence-electron chi connectivity index (χ0n) is 11.5. The molecular weight excluding hydrogens is 275 g/mol. The molecule has 21 heavy (non-hydrogen) atoms. The molecule has 7 heteroatoms. The van der Waals surface area contributed by atoms with Gasteiger partial charge in [0.15, 0.2) is 5.82 Å². The van der Waals surface area contributed by atoms with E-state index in [0.717, 1.165) is 5.56 Å². The molecule has 1 heterocycles. The molecule has 0 saturated carbocycles. The quantitative estimate of drug-likeness (QED) is 0.885. The lowest BCUT2D eigenvalue weighted by atomic mass is 10.2. The number of halogens is 1. The van der Waals surface area contributed by atoms with Gasteiger partial charge >= 0.3 is 6.09 Å². The fourth-order valence-corrected chi connectivity index (χ4v) is 1.56. The lowest BCUT2D eigenvalue weighted by molar-refractivity contribution is 0.168. The summed E-state index contributed by atoms with van der Waals surface area (Å²) in [5, 5.41) is 13.3. The fraction of sp³-hybridized carbons (Fsp3) is 0.214. The number of carbonyl (C=O) groups excluding carboxylic acids is 1. The van der Waals surface area contributed by atoms with Crippen molar-refractivity contribution in [3.8, 4) is 0 Å². The number of benzene rings is 1. The van der Waals surface area contributed by atoms with Gasteiger partial charge in [-0.05, 0) is 36.8 Å². The Labute approximate surface area is 121 Å². The monoisotopic (exact) mass is 290 g/mol. The highest BCUT2D eigenvalue weighted by atomic mass is 19.1. The molecule has 1 aromatic carbocycles. The molecule has 1 amide bonds. The summed E-state index contributed by atoms with van der Waals surface area (Å²) in [6, 6.07) is 9.46. The summed E-state index contributed by atoms with van der Waals surface area (Å²) in [6.07, 6.45) is -0.571. The first-order valence-electron chi connectivity index (χ1n) is 6.43. The highest BCUT2D eigenvalue weighted by Crippen LogP contribution is 2.09. The lowest BCUT2D eigenvalue weighted by Gasteiger charge is -2.06. The molecule has 2 aromatic rings. The summed E-state index contributed by atoms with van der Waals surface area (Å²) in [7, 11) is 0. The maximum absolute atomic E-state index is 12.8. The molecule has 1 aromatic heterocycles. The topological polar surface area (TPSA) is 76.1 Å². The molecule has 0 spiro atoms. The Morgan fingerprint density at radius 1 is 1.14 bits per heavy atom. The van der Waals surface area contributed by atoms with Crippen LogP contribution in [0.4, 0.5) is 20.8 Å². The van der Waals surface area contributed by atoms with Gasteiger partial charge in [0.1, 0.15) is 11.6 Å². The zero-order chi connectivity index (χ0) is 15.1. The van der Waals surface area contributed by atoms with Crippen LogP contribution in [0.15, 0.2) is 36.4 Å². The van der Waals surface area contributed by atoms with Gasteiger partial charge in [-0.15, -0.1) is 10.2 Å². The SMILES string of the molecule is CCOC(=O)Nc1ccc(NCc2ccc(F)cc2)nn1. The van der Waals surface area contributed by atoms with Crippen LogP contribution in [0.25, 0.3) is 0 Å². The second-order valence-corrected chi connectivity index (χ2v) is 4.13. The number of ether oxygens (including phenoxy) is 1. The van der Waals surface area contributed by atoms with Crippen molar-refractivity contribution in [3.05, 3.63) is 47.8 Å². The molecule has 0 atom stereocenters. The normalized spacial score (nSPS) is 10.0. The molecule has 6 nitrogen and oxygen atoms in total. The average Bonchev–Trinajstić information content (AvgIpc) is 2.48. The molecular formula is C14H15FN4O2. The highest BCUT2D eigenvalue weighted by molar-refractivity contribution is 5.83. The van der Waals surface area contributed by atoms with Gasteiger partial charge in [-0.3, -0.25) is 5.32 Å². The Hall–Kier alpha value is -2.70. The molecule has 0 unspecified atom stereocenters. The summed E-state index contributed by atoms with van der Waals surface area (Å²) in [6.45, 7) is 2.50. The maximum atomic E-state index is 12.8. The van der Waals surface area contributed by atoms with E-state index in [2.05, 4.69) is 20.8 Å². The van der Waals surface area contributed by atoms with E-state index in [-0.39, 0.29) is 12.4 Å². The van der Waals surface area contributed by atoms with E-state index < -0.39 is 6.09 Å². The van der Waals surface area contributed by atoms with Gasteiger partial charge in [-0.1, -0.05) is 12.1 Å². The van der Waals surface area contributed by atoms with Crippen molar-refractivity contribution >= 4 is 17.7 Å². The number of amides is 1. The number of hydrogen-bond donors (Lipinski definition) is 2. The molecule has 110 valence electrons. The minimum atomic E-state index is -0.571. The summed E-state index contributed by atoms with van der Waals surface area (Å²) < 4.78 is 17.5. The van der Waals surface area contributed by atoms with Crippen molar-refractivity contribution in [2.45, 2.75) is 13.5 Å². The van der Waals surface area contributed by atoms with E-state index in [1.54, 1.807) is 31.2 Å². The summed E-state index contributed by atoms with van der Waals surface area (Å²) in [4.78, 5) is 11.2. The van der Waals surface area contributed by atoms with Gasteiger partial charge in [-0.25, -0.2) is 9.18 Å². The largest absolute Gasteiger partial charge is 0.450 e. The molecule has 2 N–H and O–H groups in total. The van der Waals surface area contributed by atoms with Crippen LogP contribution in [-0.4, -0.2) is 22.9 Å². The van der Waals surface area contributed by atoms with Crippen molar-refractivity contribution in [1.29, 1.82) is 0 Å². The molecule has 0 aliphatic heterocycles. The Morgan fingerprint density at radius 3 is 2.43 bits per heavy atom. The van der Waals surface area contributed by atoms with Crippen LogP contribution in [0.3, 0.4) is 0 Å². The number of hydrogen-bond acceptors (Lipinski definition) is 5. The van der Waals surface area contributed by atoms with Crippen molar-refractivity contribution in [2.24, 2.45) is 0 Å². The smallest absolute Gasteiger partial charge is 0.412 e. The van der Waals surface area contributed by atoms with Gasteiger partial charge < -0.3 is 10.1 Å². The first-order valence-corrected chi connectivity index (χ1v) is 6.43. The van der Waals surface area contributed by atoms with E-state index in [1.807, 2.05) is 0 Å². The summed E-state index contributed by atoms with van der Waals surface area (Å²) in [5.41, 5.74) is 0.923. The highest BCUT2D eigenvalue weighted by Gasteiger charge is 2.03. The van der Waals surface area contributed by atoms with Crippen LogP contribution in [0, 0.1) is 5.82 Å². The van der Waals surface area contributed by atoms with E-state index in [1.165, 1.54) is 12.1 Å². The number of anilines is 2. The number of carbonyl (C=O) groups is 1. The van der Waals surface area contributed by atoms with Crippen LogP contribution in [0.1, 0.15) is 12.5 Å². The lowest BCUT2D eigenvalue weighted by Crippen LogP contribution is -2.14. The minimum absolute atomic E-state index is 0.270. The Morgan fingerprint density at radius 2 is 1.81 bits per heavy atom. The van der Waals surface area contributed by atoms with E-state index >= 15 is 0 Å². The Balaban J connectivity index is 1.87. The van der Waals surface area contributed by atoms with Crippen LogP contribution < -0.4 is 10.6 Å². The van der Waals surface area contributed by atoms with Crippen LogP contribution in [0.2, 0.25) is 0 Å². The first kappa shape index (κ1) is 14.7. The third-order valence-electron chi connectivity index (χ3n) is 2.56. The predicted octanol–water partition coefficient (Wildman–Crippen LogP) is 2.80. The standard InChI is InChI=1S/C14H15FN4O2/c1-2-21-14(20)17-13-8-7-12(18-19-13)16-9-10-3-5-11(15)6-4-10/h3-8H,2,9H2,1H3,(H,16,18)(H,17,19,20). The molecule has 2 rings (SSSR count). The molecule has 0 aliphatic carbocycles. The summed E-state index contributed by atoms with van der Waals surface area (Å²) >= 11 is 0. The van der Waals surface area contributed by atoms with Gasteiger partial charge in [0.25, 0.3) is 0 Å². The molecule has 0 radical (unpaired) electrons. The van der Waals surface area contributed by atoms with Crippen LogP contribution in [0.5, 0.6) is 0 Å². The van der Waals surface area contributed by atoms with E-state index in [0.29, 0.717) is 18.2 Å². The number of nitrogens with zero attached hydrogens (tertiary/aromatic N) is 2. The second-order valence-electron chi connectivity index (χ2n) is 4.13. The molecule has 0 aliphatic rings. The first-order chi connectivity index (χ1) is 10.2. The second kappa shape index (κ2) is 7.18. The molecule has 0 saturated heterocycles. The van der Waals surface area contributed by atoms with Gasteiger partial charge in [0.05, 0.1) is 6.61 Å². The third-order valence-corrected chi connectivity index (χ3v) is 2.56. The molecule has 0 fully saturated rings. The van der Waals surface area contributed by atoms with Crippen LogP contribution in [-0.2, 0) is 11.3 Å². The zero-order valence-corrected chi connectivity index (χ0v) is 11.5. The third kappa shape index (κ3) is 4.72. The van der Waals surface area contributed by atoms with E-state index in [9.17, 15) is 9.18 Å². The Bertz CT molecular complexity index is 587. The van der Waals surface area contributed by atoms with Gasteiger partial charge in [0.2, 0.25) is 0 Å². The fourth-order valence-electron chi connectivity index (χ4n) is 1.56. The summed E-state index contributed by atoms with van der Waals surface area (Å²) in [5.74, 6) is 0.586. The van der Waals surface area contributed by atoms with Crippen molar-refractivity contribution in [1.82, 2.24) is 10.2 Å². The number of nitrogens with one attached hydrogen (secondary N) is 2. The maximum Gasteiger partial charge on any atom is 0.412 e. The predicted molar refractivity (Wildman–Crippen MR) is 76.4 cm³/mol. The van der Waals surface area contributed by atoms with Crippen molar-refractivity contribution in [2.75, 3.05) is 17.2 Å².